The number of benzene rings is 2. The number of carbonyl (C=O) groups excluding carboxylic acids is 1. The molecule has 3 rings (SSSR count). The maximum atomic E-state index is 13.2. The van der Waals surface area contributed by atoms with Gasteiger partial charge in [-0.25, -0.2) is 9.37 Å². The fourth-order valence-electron chi connectivity index (χ4n) is 2.16. The number of carbonyl (C=O) groups is 1. The molecule has 25 heavy (non-hydrogen) atoms. The number of nitrogens with one attached hydrogen (secondary N) is 2. The van der Waals surface area contributed by atoms with Crippen molar-refractivity contribution in [1.82, 2.24) is 4.98 Å². The van der Waals surface area contributed by atoms with Gasteiger partial charge in [-0.1, -0.05) is 32.0 Å². The molecule has 0 unspecified atom stereocenters. The summed E-state index contributed by atoms with van der Waals surface area (Å²) in [5, 5.41) is 8.58. The summed E-state index contributed by atoms with van der Waals surface area (Å²) in [6.07, 6.45) is 0. The van der Waals surface area contributed by atoms with Crippen LogP contribution in [0, 0.1) is 11.7 Å². The molecule has 0 radical (unpaired) electrons. The molecule has 6 heteroatoms. The SMILES string of the molecule is CC(C)C(=O)Nc1ccc(-c2csc(Nc3cccc(F)c3)n2)cc1. The maximum absolute atomic E-state index is 13.2. The predicted molar refractivity (Wildman–Crippen MR) is 101 cm³/mol. The maximum Gasteiger partial charge on any atom is 0.226 e. The lowest BCUT2D eigenvalue weighted by molar-refractivity contribution is -0.118. The van der Waals surface area contributed by atoms with E-state index in [9.17, 15) is 9.18 Å². The van der Waals surface area contributed by atoms with Crippen LogP contribution in [0.5, 0.6) is 0 Å². The van der Waals surface area contributed by atoms with Gasteiger partial charge in [0.25, 0.3) is 0 Å². The molecular weight excluding hydrogens is 337 g/mol. The second-order valence-corrected chi connectivity index (χ2v) is 6.75. The number of rotatable bonds is 5. The molecule has 1 amide bonds. The van der Waals surface area contributed by atoms with E-state index in [-0.39, 0.29) is 17.6 Å². The average molecular weight is 355 g/mol. The van der Waals surface area contributed by atoms with E-state index in [1.165, 1.54) is 23.5 Å². The van der Waals surface area contributed by atoms with Crippen molar-refractivity contribution in [1.29, 1.82) is 0 Å². The predicted octanol–water partition coefficient (Wildman–Crippen LogP) is 5.29. The topological polar surface area (TPSA) is 54.0 Å². The minimum absolute atomic E-state index is 0.0111. The van der Waals surface area contributed by atoms with Crippen molar-refractivity contribution in [3.05, 3.63) is 59.7 Å². The van der Waals surface area contributed by atoms with Gasteiger partial charge in [-0.2, -0.15) is 0 Å². The highest BCUT2D eigenvalue weighted by atomic mass is 32.1. The van der Waals surface area contributed by atoms with Gasteiger partial charge in [0, 0.05) is 28.2 Å². The second kappa shape index (κ2) is 7.44. The number of aromatic nitrogens is 1. The Balaban J connectivity index is 1.70. The smallest absolute Gasteiger partial charge is 0.226 e. The molecule has 0 saturated heterocycles. The number of halogens is 1. The van der Waals surface area contributed by atoms with Crippen LogP contribution in [0.3, 0.4) is 0 Å². The normalized spacial score (nSPS) is 10.7. The Labute approximate surface area is 149 Å². The first kappa shape index (κ1) is 17.1. The third kappa shape index (κ3) is 4.42. The number of nitrogens with zero attached hydrogens (tertiary/aromatic N) is 1. The van der Waals surface area contributed by atoms with Crippen molar-refractivity contribution in [2.45, 2.75) is 13.8 Å². The summed E-state index contributed by atoms with van der Waals surface area (Å²) in [6, 6.07) is 13.8. The summed E-state index contributed by atoms with van der Waals surface area (Å²) in [5.41, 5.74) is 3.19. The Hall–Kier alpha value is -2.73. The van der Waals surface area contributed by atoms with E-state index in [4.69, 9.17) is 0 Å². The van der Waals surface area contributed by atoms with Gasteiger partial charge in [0.15, 0.2) is 5.13 Å². The Morgan fingerprint density at radius 3 is 2.56 bits per heavy atom. The molecule has 0 bridgehead atoms. The number of amides is 1. The van der Waals surface area contributed by atoms with Crippen LogP contribution >= 0.6 is 11.3 Å². The highest BCUT2D eigenvalue weighted by molar-refractivity contribution is 7.14. The molecule has 0 aliphatic heterocycles. The lowest BCUT2D eigenvalue weighted by Gasteiger charge is -2.08. The van der Waals surface area contributed by atoms with E-state index in [2.05, 4.69) is 15.6 Å². The lowest BCUT2D eigenvalue weighted by atomic mass is 10.1. The van der Waals surface area contributed by atoms with E-state index >= 15 is 0 Å². The quantitative estimate of drug-likeness (QED) is 0.654. The molecule has 4 nitrogen and oxygen atoms in total. The van der Waals surface area contributed by atoms with Crippen LogP contribution in [0.25, 0.3) is 11.3 Å². The van der Waals surface area contributed by atoms with Gasteiger partial charge < -0.3 is 10.6 Å². The van der Waals surface area contributed by atoms with Gasteiger partial charge in [-0.3, -0.25) is 4.79 Å². The van der Waals surface area contributed by atoms with Crippen molar-refractivity contribution < 1.29 is 9.18 Å². The summed E-state index contributed by atoms with van der Waals surface area (Å²) < 4.78 is 13.2. The van der Waals surface area contributed by atoms with Crippen LogP contribution in [0.2, 0.25) is 0 Å². The van der Waals surface area contributed by atoms with Crippen LogP contribution in [0.15, 0.2) is 53.9 Å². The van der Waals surface area contributed by atoms with Gasteiger partial charge in [0.1, 0.15) is 5.82 Å². The molecular formula is C19H18FN3OS. The number of hydrogen-bond donors (Lipinski definition) is 2. The van der Waals surface area contributed by atoms with E-state index in [1.807, 2.05) is 43.5 Å². The van der Waals surface area contributed by atoms with Crippen molar-refractivity contribution in [3.8, 4) is 11.3 Å². The molecule has 128 valence electrons. The van der Waals surface area contributed by atoms with Crippen LogP contribution in [-0.2, 0) is 4.79 Å². The first-order valence-electron chi connectivity index (χ1n) is 7.90. The van der Waals surface area contributed by atoms with E-state index < -0.39 is 0 Å². The minimum atomic E-state index is -0.291. The van der Waals surface area contributed by atoms with Gasteiger partial charge in [-0.05, 0) is 30.3 Å². The van der Waals surface area contributed by atoms with Crippen molar-refractivity contribution in [3.63, 3.8) is 0 Å². The molecule has 0 spiro atoms. The Kier molecular flexibility index (Phi) is 5.09. The lowest BCUT2D eigenvalue weighted by Crippen LogP contribution is -2.17. The van der Waals surface area contributed by atoms with Crippen LogP contribution in [0.4, 0.5) is 20.9 Å². The number of hydrogen-bond acceptors (Lipinski definition) is 4. The summed E-state index contributed by atoms with van der Waals surface area (Å²) in [6.45, 7) is 3.71. The zero-order valence-electron chi connectivity index (χ0n) is 13.9. The number of thiazole rings is 1. The van der Waals surface area contributed by atoms with Crippen molar-refractivity contribution in [2.75, 3.05) is 10.6 Å². The number of anilines is 3. The molecule has 2 aromatic carbocycles. The van der Waals surface area contributed by atoms with Crippen LogP contribution in [0.1, 0.15) is 13.8 Å². The van der Waals surface area contributed by atoms with Crippen LogP contribution in [-0.4, -0.2) is 10.9 Å². The molecule has 0 fully saturated rings. The molecule has 1 heterocycles. The Morgan fingerprint density at radius 2 is 1.88 bits per heavy atom. The van der Waals surface area contributed by atoms with E-state index in [1.54, 1.807) is 12.1 Å². The Morgan fingerprint density at radius 1 is 1.12 bits per heavy atom. The minimum Gasteiger partial charge on any atom is -0.331 e. The summed E-state index contributed by atoms with van der Waals surface area (Å²) in [7, 11) is 0. The van der Waals surface area contributed by atoms with Crippen molar-refractivity contribution >= 4 is 33.8 Å². The van der Waals surface area contributed by atoms with Gasteiger partial charge >= 0.3 is 0 Å². The molecule has 0 aliphatic rings. The molecule has 2 N–H and O–H groups in total. The molecule has 0 aliphatic carbocycles. The van der Waals surface area contributed by atoms with Crippen molar-refractivity contribution in [2.24, 2.45) is 5.92 Å². The summed E-state index contributed by atoms with van der Waals surface area (Å²) in [5.74, 6) is -0.363. The highest BCUT2D eigenvalue weighted by Gasteiger charge is 2.08. The second-order valence-electron chi connectivity index (χ2n) is 5.89. The molecule has 0 atom stereocenters. The summed E-state index contributed by atoms with van der Waals surface area (Å²) in [4.78, 5) is 16.2. The van der Waals surface area contributed by atoms with Gasteiger partial charge in [0.05, 0.1) is 5.69 Å². The van der Waals surface area contributed by atoms with Gasteiger partial charge in [-0.15, -0.1) is 11.3 Å². The van der Waals surface area contributed by atoms with Gasteiger partial charge in [0.2, 0.25) is 5.91 Å². The first-order chi connectivity index (χ1) is 12.0. The first-order valence-corrected chi connectivity index (χ1v) is 8.78. The summed E-state index contributed by atoms with van der Waals surface area (Å²) >= 11 is 1.45. The highest BCUT2D eigenvalue weighted by Crippen LogP contribution is 2.28. The largest absolute Gasteiger partial charge is 0.331 e. The third-order valence-corrected chi connectivity index (χ3v) is 4.31. The average Bonchev–Trinajstić information content (AvgIpc) is 3.04. The van der Waals surface area contributed by atoms with E-state index in [0.717, 1.165) is 16.9 Å². The third-order valence-electron chi connectivity index (χ3n) is 3.55. The zero-order valence-corrected chi connectivity index (χ0v) is 14.7. The fraction of sp³-hybridized carbons (Fsp3) is 0.158. The fourth-order valence-corrected chi connectivity index (χ4v) is 2.90. The molecule has 0 saturated carbocycles. The zero-order chi connectivity index (χ0) is 17.8. The molecule has 3 aromatic rings. The monoisotopic (exact) mass is 355 g/mol. The molecule has 1 aromatic heterocycles. The van der Waals surface area contributed by atoms with Crippen LogP contribution < -0.4 is 10.6 Å². The Bertz CT molecular complexity index is 874. The standard InChI is InChI=1S/C19H18FN3OS/c1-12(2)18(24)21-15-8-6-13(7-9-15)17-11-25-19(23-17)22-16-5-3-4-14(20)10-16/h3-12H,1-2H3,(H,21,24)(H,22,23). The van der Waals surface area contributed by atoms with E-state index in [0.29, 0.717) is 10.8 Å².